The minimum absolute atomic E-state index is 0.232. The largest absolute Gasteiger partial charge is 0.345 e. The molecule has 0 spiro atoms. The van der Waals surface area contributed by atoms with Gasteiger partial charge in [0.05, 0.1) is 6.54 Å². The molecule has 1 saturated carbocycles. The number of halogens is 1. The van der Waals surface area contributed by atoms with E-state index in [4.69, 9.17) is 11.6 Å². The van der Waals surface area contributed by atoms with Gasteiger partial charge in [0.15, 0.2) is 0 Å². The molecule has 0 bridgehead atoms. The fraction of sp³-hybridized carbons (Fsp3) is 0.450. The summed E-state index contributed by atoms with van der Waals surface area (Å²) in [6.07, 6.45) is 4.30. The highest BCUT2D eigenvalue weighted by atomic mass is 35.5. The van der Waals surface area contributed by atoms with Crippen LogP contribution in [-0.4, -0.2) is 21.4 Å². The summed E-state index contributed by atoms with van der Waals surface area (Å²) in [4.78, 5) is 14.8. The van der Waals surface area contributed by atoms with Crippen LogP contribution in [0.5, 0.6) is 0 Å². The van der Waals surface area contributed by atoms with E-state index in [0.29, 0.717) is 12.6 Å². The van der Waals surface area contributed by atoms with Crippen molar-refractivity contribution in [3.05, 3.63) is 58.9 Å². The second-order valence-electron chi connectivity index (χ2n) is 7.63. The first-order valence-electron chi connectivity index (χ1n) is 8.55. The van der Waals surface area contributed by atoms with Crippen molar-refractivity contribution in [2.75, 3.05) is 0 Å². The zero-order valence-electron chi connectivity index (χ0n) is 14.6. The average molecular weight is 345 g/mol. The number of amides is 1. The maximum absolute atomic E-state index is 12.8. The summed E-state index contributed by atoms with van der Waals surface area (Å²) in [5.41, 5.74) is 1.90. The molecule has 0 atom stereocenters. The van der Waals surface area contributed by atoms with E-state index in [9.17, 15) is 4.79 Å². The third kappa shape index (κ3) is 3.84. The topological polar surface area (TPSA) is 25.2 Å². The highest BCUT2D eigenvalue weighted by molar-refractivity contribution is 6.31. The van der Waals surface area contributed by atoms with Crippen LogP contribution in [0.3, 0.4) is 0 Å². The third-order valence-corrected chi connectivity index (χ3v) is 4.81. The molecule has 24 heavy (non-hydrogen) atoms. The standard InChI is InChI=1S/C20H25ClN2O/c1-20(2,3)19(24)23(16-10-11-16)14-17-8-6-12-22(17)13-15-7-4-5-9-18(15)21/h4-9,12,16H,10-11,13-14H2,1-3H3. The number of hydrogen-bond donors (Lipinski definition) is 0. The van der Waals surface area contributed by atoms with Gasteiger partial charge in [-0.15, -0.1) is 0 Å². The molecule has 1 amide bonds. The number of hydrogen-bond acceptors (Lipinski definition) is 1. The smallest absolute Gasteiger partial charge is 0.228 e. The van der Waals surface area contributed by atoms with E-state index < -0.39 is 0 Å². The Balaban J connectivity index is 1.79. The van der Waals surface area contributed by atoms with E-state index in [0.717, 1.165) is 35.7 Å². The molecule has 4 heteroatoms. The van der Waals surface area contributed by atoms with Crippen molar-refractivity contribution in [2.45, 2.75) is 52.7 Å². The monoisotopic (exact) mass is 344 g/mol. The van der Waals surface area contributed by atoms with Crippen LogP contribution in [0, 0.1) is 5.41 Å². The summed E-state index contributed by atoms with van der Waals surface area (Å²) in [7, 11) is 0. The van der Waals surface area contributed by atoms with Crippen LogP contribution in [0.1, 0.15) is 44.9 Å². The molecule has 1 fully saturated rings. The number of carbonyl (C=O) groups excluding carboxylic acids is 1. The van der Waals surface area contributed by atoms with Crippen LogP contribution in [0.25, 0.3) is 0 Å². The number of aromatic nitrogens is 1. The Labute approximate surface area is 149 Å². The summed E-state index contributed by atoms with van der Waals surface area (Å²) in [5.74, 6) is 0.232. The van der Waals surface area contributed by atoms with E-state index in [1.165, 1.54) is 0 Å². The van der Waals surface area contributed by atoms with Gasteiger partial charge in [-0.3, -0.25) is 4.79 Å². The minimum Gasteiger partial charge on any atom is -0.345 e. The van der Waals surface area contributed by atoms with E-state index in [-0.39, 0.29) is 11.3 Å². The lowest BCUT2D eigenvalue weighted by atomic mass is 9.94. The highest BCUT2D eigenvalue weighted by Crippen LogP contribution is 2.32. The Morgan fingerprint density at radius 3 is 2.54 bits per heavy atom. The molecule has 1 aliphatic rings. The summed E-state index contributed by atoms with van der Waals surface area (Å²) in [6, 6.07) is 12.5. The number of rotatable bonds is 5. The van der Waals surface area contributed by atoms with Gasteiger partial charge in [-0.2, -0.15) is 0 Å². The molecule has 2 aromatic rings. The van der Waals surface area contributed by atoms with Gasteiger partial charge in [-0.1, -0.05) is 50.6 Å². The molecule has 1 aliphatic carbocycles. The maximum Gasteiger partial charge on any atom is 0.228 e. The van der Waals surface area contributed by atoms with Crippen molar-refractivity contribution in [1.82, 2.24) is 9.47 Å². The van der Waals surface area contributed by atoms with Gasteiger partial charge in [-0.25, -0.2) is 0 Å². The molecule has 0 N–H and O–H groups in total. The van der Waals surface area contributed by atoms with Crippen LogP contribution < -0.4 is 0 Å². The van der Waals surface area contributed by atoms with Crippen LogP contribution in [-0.2, 0) is 17.9 Å². The minimum atomic E-state index is -0.344. The lowest BCUT2D eigenvalue weighted by molar-refractivity contribution is -0.140. The molecular formula is C20H25ClN2O. The Morgan fingerprint density at radius 1 is 1.21 bits per heavy atom. The quantitative estimate of drug-likeness (QED) is 0.770. The first-order chi connectivity index (χ1) is 11.4. The van der Waals surface area contributed by atoms with Gasteiger partial charge in [-0.05, 0) is 36.6 Å². The van der Waals surface area contributed by atoms with Gasteiger partial charge in [0.1, 0.15) is 0 Å². The maximum atomic E-state index is 12.8. The molecule has 0 saturated heterocycles. The Kier molecular flexibility index (Phi) is 4.73. The summed E-state index contributed by atoms with van der Waals surface area (Å²) in [5, 5.41) is 0.780. The summed E-state index contributed by atoms with van der Waals surface area (Å²) in [6.45, 7) is 7.37. The van der Waals surface area contributed by atoms with Crippen molar-refractivity contribution in [3.8, 4) is 0 Å². The number of nitrogens with zero attached hydrogens (tertiary/aromatic N) is 2. The molecule has 0 radical (unpaired) electrons. The van der Waals surface area contributed by atoms with Crippen molar-refractivity contribution >= 4 is 17.5 Å². The highest BCUT2D eigenvalue weighted by Gasteiger charge is 2.37. The van der Waals surface area contributed by atoms with Gasteiger partial charge < -0.3 is 9.47 Å². The van der Waals surface area contributed by atoms with Gasteiger partial charge in [0.2, 0.25) is 5.91 Å². The zero-order chi connectivity index (χ0) is 17.3. The lowest BCUT2D eigenvalue weighted by Gasteiger charge is -2.30. The summed E-state index contributed by atoms with van der Waals surface area (Å²) < 4.78 is 2.19. The zero-order valence-corrected chi connectivity index (χ0v) is 15.4. The molecule has 3 rings (SSSR count). The Bertz CT molecular complexity index is 725. The van der Waals surface area contributed by atoms with E-state index in [1.807, 2.05) is 51.1 Å². The summed E-state index contributed by atoms with van der Waals surface area (Å²) >= 11 is 6.29. The predicted molar refractivity (Wildman–Crippen MR) is 98.0 cm³/mol. The first kappa shape index (κ1) is 17.1. The second kappa shape index (κ2) is 6.64. The van der Waals surface area contributed by atoms with Gasteiger partial charge in [0, 0.05) is 34.9 Å². The van der Waals surface area contributed by atoms with Crippen molar-refractivity contribution in [3.63, 3.8) is 0 Å². The molecular weight excluding hydrogens is 320 g/mol. The van der Waals surface area contributed by atoms with Gasteiger partial charge in [0.25, 0.3) is 0 Å². The molecule has 0 aliphatic heterocycles. The van der Waals surface area contributed by atoms with Crippen LogP contribution >= 0.6 is 11.6 Å². The fourth-order valence-corrected chi connectivity index (χ4v) is 3.11. The van der Waals surface area contributed by atoms with E-state index in [1.54, 1.807) is 0 Å². The number of benzene rings is 1. The molecule has 1 heterocycles. The normalized spacial score (nSPS) is 14.7. The Hall–Kier alpha value is -1.74. The van der Waals surface area contributed by atoms with Crippen molar-refractivity contribution < 1.29 is 4.79 Å². The van der Waals surface area contributed by atoms with Crippen LogP contribution in [0.2, 0.25) is 5.02 Å². The Morgan fingerprint density at radius 2 is 1.92 bits per heavy atom. The van der Waals surface area contributed by atoms with Crippen molar-refractivity contribution in [1.29, 1.82) is 0 Å². The van der Waals surface area contributed by atoms with E-state index >= 15 is 0 Å². The molecule has 1 aromatic heterocycles. The molecule has 3 nitrogen and oxygen atoms in total. The average Bonchev–Trinajstić information content (AvgIpc) is 3.27. The first-order valence-corrected chi connectivity index (χ1v) is 8.92. The van der Waals surface area contributed by atoms with Crippen LogP contribution in [0.4, 0.5) is 0 Å². The predicted octanol–water partition coefficient (Wildman–Crippen LogP) is 4.73. The van der Waals surface area contributed by atoms with Gasteiger partial charge >= 0.3 is 0 Å². The lowest BCUT2D eigenvalue weighted by Crippen LogP contribution is -2.40. The SMILES string of the molecule is CC(C)(C)C(=O)N(Cc1cccn1Cc1ccccc1Cl)C1CC1. The molecule has 1 aromatic carbocycles. The number of carbonyl (C=O) groups is 1. The fourth-order valence-electron chi connectivity index (χ4n) is 2.92. The van der Waals surface area contributed by atoms with E-state index in [2.05, 4.69) is 21.7 Å². The second-order valence-corrected chi connectivity index (χ2v) is 8.04. The molecule has 128 valence electrons. The third-order valence-electron chi connectivity index (χ3n) is 4.44. The van der Waals surface area contributed by atoms with Crippen LogP contribution in [0.15, 0.2) is 42.6 Å². The molecule has 0 unspecified atom stereocenters. The van der Waals surface area contributed by atoms with Crippen molar-refractivity contribution in [2.24, 2.45) is 5.41 Å².